The van der Waals surface area contributed by atoms with Crippen molar-refractivity contribution in [3.8, 4) is 5.75 Å². The molecule has 1 amide bonds. The molecule has 1 aliphatic rings. The topological polar surface area (TPSA) is 86.2 Å². The van der Waals surface area contributed by atoms with Crippen molar-refractivity contribution in [1.82, 2.24) is 0 Å². The Morgan fingerprint density at radius 3 is 2.27 bits per heavy atom. The van der Waals surface area contributed by atoms with E-state index in [4.69, 9.17) is 23.9 Å². The van der Waals surface area contributed by atoms with Crippen LogP contribution in [0.1, 0.15) is 38.8 Å². The molecule has 160 valence electrons. The Morgan fingerprint density at radius 2 is 1.70 bits per heavy atom. The molecule has 7 nitrogen and oxygen atoms in total. The predicted octanol–water partition coefficient (Wildman–Crippen LogP) is 3.24. The number of nitrogens with one attached hydrogen (secondary N) is 1. The lowest BCUT2D eigenvalue weighted by Crippen LogP contribution is -2.41. The van der Waals surface area contributed by atoms with E-state index in [0.29, 0.717) is 11.4 Å². The van der Waals surface area contributed by atoms with Crippen LogP contribution in [0.25, 0.3) is 0 Å². The molecule has 1 heterocycles. The summed E-state index contributed by atoms with van der Waals surface area (Å²) in [6, 6.07) is 12.4. The molecule has 2 N–H and O–H groups in total. The molecule has 0 radical (unpaired) electrons. The summed E-state index contributed by atoms with van der Waals surface area (Å²) in [5.41, 5.74) is 2.05. The Bertz CT molecular complexity index is 881. The standard InChI is InChI=1S/C22H28BNO6/c1-21(2)22(3,4)30-23(29-21)17-9-8-16(19(12-17)27-5)14-28-20(26)24-18-10-6-15(13-25)7-11-18/h6-12,25H,13-14H2,1-5H3,(H,24,26). The summed E-state index contributed by atoms with van der Waals surface area (Å²) in [7, 11) is 1.07. The van der Waals surface area contributed by atoms with Crippen LogP contribution in [-0.2, 0) is 27.3 Å². The van der Waals surface area contributed by atoms with Crippen molar-refractivity contribution in [2.45, 2.75) is 52.1 Å². The minimum Gasteiger partial charge on any atom is -0.496 e. The lowest BCUT2D eigenvalue weighted by atomic mass is 9.78. The van der Waals surface area contributed by atoms with Crippen molar-refractivity contribution in [2.75, 3.05) is 12.4 Å². The number of aliphatic hydroxyl groups excluding tert-OH is 1. The van der Waals surface area contributed by atoms with Gasteiger partial charge >= 0.3 is 13.2 Å². The van der Waals surface area contributed by atoms with Crippen molar-refractivity contribution in [3.05, 3.63) is 53.6 Å². The fraction of sp³-hybridized carbons (Fsp3) is 0.409. The van der Waals surface area contributed by atoms with Crippen molar-refractivity contribution in [3.63, 3.8) is 0 Å². The zero-order valence-electron chi connectivity index (χ0n) is 18.0. The number of ether oxygens (including phenoxy) is 2. The van der Waals surface area contributed by atoms with E-state index in [0.717, 1.165) is 16.6 Å². The number of rotatable bonds is 6. The molecule has 2 aromatic rings. The average Bonchev–Trinajstić information content (AvgIpc) is 2.94. The fourth-order valence-electron chi connectivity index (χ4n) is 3.00. The molecule has 0 aromatic heterocycles. The van der Waals surface area contributed by atoms with Gasteiger partial charge in [0.15, 0.2) is 0 Å². The van der Waals surface area contributed by atoms with Gasteiger partial charge in [-0.1, -0.05) is 24.3 Å². The van der Waals surface area contributed by atoms with Crippen LogP contribution < -0.4 is 15.5 Å². The summed E-state index contributed by atoms with van der Waals surface area (Å²) in [5.74, 6) is 0.585. The van der Waals surface area contributed by atoms with Crippen molar-refractivity contribution < 1.29 is 28.7 Å². The van der Waals surface area contributed by atoms with Gasteiger partial charge in [0.2, 0.25) is 0 Å². The van der Waals surface area contributed by atoms with Gasteiger partial charge in [-0.05, 0) is 56.9 Å². The largest absolute Gasteiger partial charge is 0.496 e. The number of carbonyl (C=O) groups excluding carboxylic acids is 1. The highest BCUT2D eigenvalue weighted by Gasteiger charge is 2.51. The maximum atomic E-state index is 12.1. The number of methoxy groups -OCH3 is 1. The van der Waals surface area contributed by atoms with Crippen molar-refractivity contribution in [2.24, 2.45) is 0 Å². The summed E-state index contributed by atoms with van der Waals surface area (Å²) in [5, 5.41) is 11.7. The van der Waals surface area contributed by atoms with Gasteiger partial charge in [0, 0.05) is 11.3 Å². The smallest absolute Gasteiger partial charge is 0.494 e. The highest BCUT2D eigenvalue weighted by atomic mass is 16.7. The Hall–Kier alpha value is -2.55. The first-order valence-corrected chi connectivity index (χ1v) is 9.81. The van der Waals surface area contributed by atoms with Gasteiger partial charge in [0.1, 0.15) is 12.4 Å². The molecule has 0 bridgehead atoms. The molecule has 8 heteroatoms. The molecule has 30 heavy (non-hydrogen) atoms. The molecule has 0 unspecified atom stereocenters. The maximum absolute atomic E-state index is 12.1. The number of anilines is 1. The summed E-state index contributed by atoms with van der Waals surface area (Å²) < 4.78 is 23.0. The lowest BCUT2D eigenvalue weighted by molar-refractivity contribution is 0.00578. The maximum Gasteiger partial charge on any atom is 0.494 e. The quantitative estimate of drug-likeness (QED) is 0.708. The van der Waals surface area contributed by atoms with Gasteiger partial charge in [-0.15, -0.1) is 0 Å². The number of aliphatic hydroxyl groups is 1. The average molecular weight is 413 g/mol. The zero-order valence-corrected chi connectivity index (χ0v) is 18.0. The van der Waals surface area contributed by atoms with E-state index in [9.17, 15) is 4.79 Å². The van der Waals surface area contributed by atoms with Gasteiger partial charge in [0.25, 0.3) is 0 Å². The van der Waals surface area contributed by atoms with Crippen LogP contribution in [0.4, 0.5) is 10.5 Å². The number of carbonyl (C=O) groups is 1. The molecular weight excluding hydrogens is 385 g/mol. The minimum atomic E-state index is -0.580. The lowest BCUT2D eigenvalue weighted by Gasteiger charge is -2.32. The molecular formula is C22H28BNO6. The molecule has 1 fully saturated rings. The highest BCUT2D eigenvalue weighted by Crippen LogP contribution is 2.36. The summed E-state index contributed by atoms with van der Waals surface area (Å²) in [4.78, 5) is 12.1. The second-order valence-corrected chi connectivity index (χ2v) is 8.22. The number of amides is 1. The molecule has 0 aliphatic carbocycles. The first kappa shape index (κ1) is 22.1. The van der Waals surface area contributed by atoms with Crippen LogP contribution in [0.15, 0.2) is 42.5 Å². The molecule has 1 saturated heterocycles. The van der Waals surface area contributed by atoms with Crippen LogP contribution in [0.3, 0.4) is 0 Å². The zero-order chi connectivity index (χ0) is 21.9. The van der Waals surface area contributed by atoms with E-state index in [-0.39, 0.29) is 13.2 Å². The van der Waals surface area contributed by atoms with E-state index in [1.807, 2.05) is 45.9 Å². The minimum absolute atomic E-state index is 0.0490. The Morgan fingerprint density at radius 1 is 1.07 bits per heavy atom. The van der Waals surface area contributed by atoms with Crippen LogP contribution in [-0.4, -0.2) is 36.6 Å². The third-order valence-corrected chi connectivity index (χ3v) is 5.58. The third kappa shape index (κ3) is 4.78. The normalized spacial score (nSPS) is 16.9. The SMILES string of the molecule is COc1cc(B2OC(C)(C)C(C)(C)O2)ccc1COC(=O)Nc1ccc(CO)cc1. The first-order valence-electron chi connectivity index (χ1n) is 9.81. The Labute approximate surface area is 177 Å². The fourth-order valence-corrected chi connectivity index (χ4v) is 3.00. The second kappa shape index (κ2) is 8.67. The van der Waals surface area contributed by atoms with Crippen molar-refractivity contribution in [1.29, 1.82) is 0 Å². The molecule has 0 saturated carbocycles. The van der Waals surface area contributed by atoms with E-state index in [1.165, 1.54) is 0 Å². The van der Waals surface area contributed by atoms with Gasteiger partial charge < -0.3 is 23.9 Å². The second-order valence-electron chi connectivity index (χ2n) is 8.22. The van der Waals surface area contributed by atoms with Crippen LogP contribution in [0.2, 0.25) is 0 Å². The van der Waals surface area contributed by atoms with Gasteiger partial charge in [-0.3, -0.25) is 5.32 Å². The van der Waals surface area contributed by atoms with E-state index < -0.39 is 24.4 Å². The monoisotopic (exact) mass is 413 g/mol. The predicted molar refractivity (Wildman–Crippen MR) is 115 cm³/mol. The molecule has 3 rings (SSSR count). The summed E-state index contributed by atoms with van der Waals surface area (Å²) >= 11 is 0. The van der Waals surface area contributed by atoms with E-state index in [2.05, 4.69) is 5.32 Å². The van der Waals surface area contributed by atoms with E-state index >= 15 is 0 Å². The van der Waals surface area contributed by atoms with Gasteiger partial charge in [-0.2, -0.15) is 0 Å². The van der Waals surface area contributed by atoms with Crippen molar-refractivity contribution >= 4 is 24.4 Å². The number of hydrogen-bond donors (Lipinski definition) is 2. The van der Waals surface area contributed by atoms with Crippen LogP contribution in [0.5, 0.6) is 5.75 Å². The van der Waals surface area contributed by atoms with Gasteiger partial charge in [0.05, 0.1) is 24.9 Å². The highest BCUT2D eigenvalue weighted by molar-refractivity contribution is 6.62. The summed E-state index contributed by atoms with van der Waals surface area (Å²) in [6.45, 7) is 8.01. The third-order valence-electron chi connectivity index (χ3n) is 5.58. The number of hydrogen-bond acceptors (Lipinski definition) is 6. The Balaban J connectivity index is 1.63. The first-order chi connectivity index (χ1) is 14.1. The molecule has 0 spiro atoms. The molecule has 1 aliphatic heterocycles. The number of benzene rings is 2. The summed E-state index contributed by atoms with van der Waals surface area (Å²) in [6.07, 6.45) is -0.580. The van der Waals surface area contributed by atoms with Crippen LogP contribution in [0, 0.1) is 0 Å². The van der Waals surface area contributed by atoms with Crippen LogP contribution >= 0.6 is 0 Å². The van der Waals surface area contributed by atoms with E-state index in [1.54, 1.807) is 31.4 Å². The molecule has 0 atom stereocenters. The van der Waals surface area contributed by atoms with Gasteiger partial charge in [-0.25, -0.2) is 4.79 Å². The molecule has 2 aromatic carbocycles. The Kier molecular flexibility index (Phi) is 6.40.